The minimum Gasteiger partial charge on any atom is -0.368 e. The third-order valence-electron chi connectivity index (χ3n) is 8.33. The number of nitrogens with two attached hydrogens (primary N) is 2. The molecule has 1 spiro atoms. The highest BCUT2D eigenvalue weighted by molar-refractivity contribution is 5.98. The molecule has 188 valence electrons. The van der Waals surface area contributed by atoms with Crippen LogP contribution in [0.2, 0.25) is 0 Å². The van der Waals surface area contributed by atoms with Crippen LogP contribution in [0.4, 0.5) is 0 Å². The first-order chi connectivity index (χ1) is 16.7. The van der Waals surface area contributed by atoms with Gasteiger partial charge in [-0.15, -0.1) is 0 Å². The molecule has 4 amide bonds. The summed E-state index contributed by atoms with van der Waals surface area (Å²) in [5.74, 6) is -0.573. The van der Waals surface area contributed by atoms with Gasteiger partial charge in [0.2, 0.25) is 23.6 Å². The van der Waals surface area contributed by atoms with Crippen LogP contribution in [0.15, 0.2) is 24.3 Å². The van der Waals surface area contributed by atoms with E-state index in [1.807, 2.05) is 24.3 Å². The van der Waals surface area contributed by atoms with Crippen LogP contribution in [-0.4, -0.2) is 65.1 Å². The van der Waals surface area contributed by atoms with Crippen LogP contribution in [0.25, 0.3) is 0 Å². The Morgan fingerprint density at radius 3 is 2.46 bits per heavy atom. The summed E-state index contributed by atoms with van der Waals surface area (Å²) in [6, 6.07) is 5.31. The predicted molar refractivity (Wildman–Crippen MR) is 128 cm³/mol. The summed E-state index contributed by atoms with van der Waals surface area (Å²) in [6.07, 6.45) is 5.49. The maximum Gasteiger partial charge on any atom is 0.246 e. The molecule has 9 heteroatoms. The van der Waals surface area contributed by atoms with E-state index in [0.29, 0.717) is 31.2 Å². The number of likely N-dealkylation sites (N-methyl/N-ethyl adjacent to an activating group) is 1. The smallest absolute Gasteiger partial charge is 0.246 e. The monoisotopic (exact) mass is 481 g/mol. The molecule has 2 heterocycles. The molecule has 4 atom stereocenters. The van der Waals surface area contributed by atoms with Gasteiger partial charge in [0.05, 0.1) is 11.5 Å². The molecule has 2 saturated carbocycles. The van der Waals surface area contributed by atoms with Gasteiger partial charge in [-0.25, -0.2) is 0 Å². The average molecular weight is 482 g/mol. The fourth-order valence-electron chi connectivity index (χ4n) is 5.87. The molecule has 4 aliphatic rings. The lowest BCUT2D eigenvalue weighted by atomic mass is 9.73. The van der Waals surface area contributed by atoms with Crippen molar-refractivity contribution in [2.75, 3.05) is 13.6 Å². The van der Waals surface area contributed by atoms with Crippen molar-refractivity contribution in [2.45, 2.75) is 75.0 Å². The van der Waals surface area contributed by atoms with E-state index in [9.17, 15) is 19.2 Å². The number of primary amides is 1. The minimum absolute atomic E-state index is 0.0552. The van der Waals surface area contributed by atoms with E-state index in [1.165, 1.54) is 9.80 Å². The van der Waals surface area contributed by atoms with Gasteiger partial charge in [-0.2, -0.15) is 0 Å². The number of hydrogen-bond acceptors (Lipinski definition) is 5. The number of hydrogen-bond donors (Lipinski definition) is 3. The fourth-order valence-corrected chi connectivity index (χ4v) is 5.87. The molecule has 2 aliphatic heterocycles. The van der Waals surface area contributed by atoms with Crippen LogP contribution in [0.5, 0.6) is 0 Å². The normalized spacial score (nSPS) is 27.2. The number of nitrogens with zero attached hydrogens (tertiary/aromatic N) is 2. The summed E-state index contributed by atoms with van der Waals surface area (Å²) in [4.78, 5) is 55.9. The van der Waals surface area contributed by atoms with Crippen LogP contribution in [0, 0.1) is 11.8 Å². The van der Waals surface area contributed by atoms with Gasteiger partial charge in [0.15, 0.2) is 0 Å². The number of rotatable bonds is 8. The molecule has 3 fully saturated rings. The Balaban J connectivity index is 1.44. The van der Waals surface area contributed by atoms with E-state index in [2.05, 4.69) is 5.32 Å². The predicted octanol–water partition coefficient (Wildman–Crippen LogP) is 0.395. The molecule has 0 aromatic heterocycles. The highest BCUT2D eigenvalue weighted by atomic mass is 16.2. The van der Waals surface area contributed by atoms with Crippen LogP contribution in [-0.2, 0) is 31.1 Å². The molecule has 1 aromatic carbocycles. The number of likely N-dealkylation sites (tertiary alicyclic amines) is 1. The highest BCUT2D eigenvalue weighted by Crippen LogP contribution is 2.43. The molecular formula is C26H35N5O4. The molecule has 4 unspecified atom stereocenters. The van der Waals surface area contributed by atoms with Crippen molar-refractivity contribution in [3.8, 4) is 0 Å². The van der Waals surface area contributed by atoms with Crippen molar-refractivity contribution < 1.29 is 19.2 Å². The molecule has 0 radical (unpaired) electrons. The molecule has 9 nitrogen and oxygen atoms in total. The van der Waals surface area contributed by atoms with Crippen molar-refractivity contribution in [3.05, 3.63) is 35.4 Å². The summed E-state index contributed by atoms with van der Waals surface area (Å²) in [6.45, 7) is 0.464. The Labute approximate surface area is 205 Å². The first-order valence-corrected chi connectivity index (χ1v) is 12.7. The summed E-state index contributed by atoms with van der Waals surface area (Å²) < 4.78 is 0. The summed E-state index contributed by atoms with van der Waals surface area (Å²) in [5, 5.41) is 2.93. The highest BCUT2D eigenvalue weighted by Gasteiger charge is 2.56. The summed E-state index contributed by atoms with van der Waals surface area (Å²) in [7, 11) is 1.63. The number of fused-ring (bicyclic) bond motifs is 2. The van der Waals surface area contributed by atoms with E-state index < -0.39 is 29.4 Å². The number of carbonyl (C=O) groups is 4. The molecule has 5 rings (SSSR count). The van der Waals surface area contributed by atoms with E-state index in [-0.39, 0.29) is 30.7 Å². The molecular weight excluding hydrogens is 446 g/mol. The van der Waals surface area contributed by atoms with Crippen molar-refractivity contribution in [1.29, 1.82) is 0 Å². The maximum absolute atomic E-state index is 14.0. The molecule has 1 saturated heterocycles. The van der Waals surface area contributed by atoms with Crippen LogP contribution in [0.1, 0.15) is 56.1 Å². The first kappa shape index (κ1) is 23.8. The quantitative estimate of drug-likeness (QED) is 0.493. The lowest BCUT2D eigenvalue weighted by Gasteiger charge is -2.36. The molecule has 5 N–H and O–H groups in total. The van der Waals surface area contributed by atoms with Crippen molar-refractivity contribution >= 4 is 23.6 Å². The lowest BCUT2D eigenvalue weighted by molar-refractivity contribution is -0.148. The Hall–Kier alpha value is -2.94. The summed E-state index contributed by atoms with van der Waals surface area (Å²) >= 11 is 0. The van der Waals surface area contributed by atoms with Gasteiger partial charge in [0.1, 0.15) is 12.1 Å². The van der Waals surface area contributed by atoms with Gasteiger partial charge in [-0.3, -0.25) is 19.2 Å². The topological polar surface area (TPSA) is 139 Å². The maximum atomic E-state index is 14.0. The van der Waals surface area contributed by atoms with E-state index in [1.54, 1.807) is 7.05 Å². The Morgan fingerprint density at radius 1 is 1.14 bits per heavy atom. The van der Waals surface area contributed by atoms with Crippen LogP contribution >= 0.6 is 0 Å². The number of benzene rings is 1. The third-order valence-corrected chi connectivity index (χ3v) is 8.33. The second-order valence-electron chi connectivity index (χ2n) is 10.9. The first-order valence-electron chi connectivity index (χ1n) is 12.7. The number of carbonyl (C=O) groups excluding carboxylic acids is 4. The van der Waals surface area contributed by atoms with Crippen LogP contribution in [0.3, 0.4) is 0 Å². The van der Waals surface area contributed by atoms with Gasteiger partial charge < -0.3 is 26.6 Å². The molecule has 0 bridgehead atoms. The minimum atomic E-state index is -1.04. The third kappa shape index (κ3) is 4.42. The molecule has 35 heavy (non-hydrogen) atoms. The Bertz CT molecular complexity index is 1050. The van der Waals surface area contributed by atoms with E-state index in [4.69, 9.17) is 11.5 Å². The van der Waals surface area contributed by atoms with Crippen molar-refractivity contribution in [2.24, 2.45) is 23.3 Å². The zero-order chi connectivity index (χ0) is 24.9. The van der Waals surface area contributed by atoms with E-state index >= 15 is 0 Å². The van der Waals surface area contributed by atoms with Gasteiger partial charge >= 0.3 is 0 Å². The summed E-state index contributed by atoms with van der Waals surface area (Å²) in [5.41, 5.74) is 12.7. The second kappa shape index (κ2) is 8.93. The number of nitrogens with one attached hydrogen (secondary N) is 1. The van der Waals surface area contributed by atoms with Gasteiger partial charge in [0.25, 0.3) is 0 Å². The molecule has 2 aliphatic carbocycles. The zero-order valence-corrected chi connectivity index (χ0v) is 20.2. The number of amides is 4. The van der Waals surface area contributed by atoms with Crippen molar-refractivity contribution in [1.82, 2.24) is 15.1 Å². The largest absolute Gasteiger partial charge is 0.368 e. The standard InChI is InChI=1S/C26H35N5O4/c1-30(23(33)19(27)10-15-6-7-15)20(11-16-8-9-16)24(34)31-14-26(12-21(31)22(28)32)18-5-3-2-4-17(18)13-29-25(26)35/h2-5,15-16,19-21H,6-14,27H2,1H3,(H2,28,32)(H,29,35). The average Bonchev–Trinajstić information content (AvgIpc) is 3.78. The van der Waals surface area contributed by atoms with Crippen LogP contribution < -0.4 is 16.8 Å². The van der Waals surface area contributed by atoms with E-state index in [0.717, 1.165) is 36.8 Å². The zero-order valence-electron chi connectivity index (χ0n) is 20.2. The molecule has 1 aromatic rings. The van der Waals surface area contributed by atoms with Gasteiger partial charge in [0, 0.05) is 20.1 Å². The Kier molecular flexibility index (Phi) is 6.07. The Morgan fingerprint density at radius 2 is 1.80 bits per heavy atom. The van der Waals surface area contributed by atoms with Gasteiger partial charge in [-0.1, -0.05) is 49.9 Å². The second-order valence-corrected chi connectivity index (χ2v) is 10.9. The fraction of sp³-hybridized carbons (Fsp3) is 0.615. The lowest BCUT2D eigenvalue weighted by Crippen LogP contribution is -2.56. The van der Waals surface area contributed by atoms with Gasteiger partial charge in [-0.05, 0) is 42.2 Å². The SMILES string of the molecule is CN(C(=O)C(N)CC1CC1)C(CC1CC1)C(=O)N1CC2(CC1C(N)=O)C(=O)NCc1ccccc12. The van der Waals surface area contributed by atoms with Crippen molar-refractivity contribution in [3.63, 3.8) is 0 Å².